The molecule has 4 nitrogen and oxygen atoms in total. The van der Waals surface area contributed by atoms with Crippen LogP contribution in [0.5, 0.6) is 0 Å². The first-order valence-electron chi connectivity index (χ1n) is 7.75. The highest BCUT2D eigenvalue weighted by Crippen LogP contribution is 2.22. The number of amides is 1. The third kappa shape index (κ3) is 3.64. The lowest BCUT2D eigenvalue weighted by Crippen LogP contribution is -2.25. The van der Waals surface area contributed by atoms with Gasteiger partial charge in [0.05, 0.1) is 17.4 Å². The highest BCUT2D eigenvalue weighted by atomic mass is 16.1. The van der Waals surface area contributed by atoms with Gasteiger partial charge >= 0.3 is 0 Å². The van der Waals surface area contributed by atoms with E-state index >= 15 is 0 Å². The molecule has 1 amide bonds. The molecule has 22 heavy (non-hydrogen) atoms. The first kappa shape index (κ1) is 14.6. The molecule has 1 heterocycles. The normalized spacial score (nSPS) is 14.0. The molecule has 114 valence electrons. The summed E-state index contributed by atoms with van der Waals surface area (Å²) in [5.41, 5.74) is 3.71. The summed E-state index contributed by atoms with van der Waals surface area (Å²) in [6.45, 7) is 4.35. The van der Waals surface area contributed by atoms with E-state index < -0.39 is 0 Å². The summed E-state index contributed by atoms with van der Waals surface area (Å²) in [7, 11) is 0. The van der Waals surface area contributed by atoms with Gasteiger partial charge in [0.15, 0.2) is 0 Å². The number of nitrogens with zero attached hydrogens (tertiary/aromatic N) is 1. The number of benzene rings is 1. The number of nitrogens with one attached hydrogen (secondary N) is 2. The summed E-state index contributed by atoms with van der Waals surface area (Å²) < 4.78 is 0. The fraction of sp³-hybridized carbons (Fsp3) is 0.333. The van der Waals surface area contributed by atoms with Crippen molar-refractivity contribution in [1.29, 1.82) is 0 Å². The lowest BCUT2D eigenvalue weighted by molar-refractivity contribution is 0.0951. The molecule has 1 aliphatic rings. The van der Waals surface area contributed by atoms with E-state index in [2.05, 4.69) is 41.6 Å². The average molecular weight is 295 g/mol. The zero-order valence-electron chi connectivity index (χ0n) is 13.0. The fourth-order valence-corrected chi connectivity index (χ4v) is 2.25. The molecule has 1 fully saturated rings. The van der Waals surface area contributed by atoms with Gasteiger partial charge in [-0.3, -0.25) is 9.78 Å². The maximum Gasteiger partial charge on any atom is 0.253 e. The van der Waals surface area contributed by atoms with Crippen molar-refractivity contribution in [3.63, 3.8) is 0 Å². The highest BCUT2D eigenvalue weighted by molar-refractivity contribution is 5.95. The topological polar surface area (TPSA) is 54.0 Å². The lowest BCUT2D eigenvalue weighted by atomic mass is 10.0. The molecule has 3 rings (SSSR count). The van der Waals surface area contributed by atoms with Crippen molar-refractivity contribution < 1.29 is 4.79 Å². The number of aromatic nitrogens is 1. The largest absolute Gasteiger partial charge is 0.354 e. The van der Waals surface area contributed by atoms with Crippen molar-refractivity contribution in [3.05, 3.63) is 53.9 Å². The third-order valence-electron chi connectivity index (χ3n) is 3.78. The maximum absolute atomic E-state index is 12.0. The Labute approximate surface area is 131 Å². The minimum atomic E-state index is -0.0474. The van der Waals surface area contributed by atoms with Crippen molar-refractivity contribution in [2.45, 2.75) is 38.6 Å². The first-order chi connectivity index (χ1) is 10.6. The van der Waals surface area contributed by atoms with Crippen molar-refractivity contribution >= 4 is 17.3 Å². The van der Waals surface area contributed by atoms with Gasteiger partial charge in [0, 0.05) is 17.9 Å². The van der Waals surface area contributed by atoms with Crippen molar-refractivity contribution in [2.24, 2.45) is 0 Å². The van der Waals surface area contributed by atoms with Crippen LogP contribution in [0.1, 0.15) is 48.5 Å². The van der Waals surface area contributed by atoms with E-state index in [1.54, 1.807) is 12.4 Å². The van der Waals surface area contributed by atoms with E-state index in [1.165, 1.54) is 5.56 Å². The Kier molecular flexibility index (Phi) is 4.09. The zero-order chi connectivity index (χ0) is 15.5. The molecular weight excluding hydrogens is 274 g/mol. The van der Waals surface area contributed by atoms with Crippen LogP contribution >= 0.6 is 0 Å². The van der Waals surface area contributed by atoms with Crippen molar-refractivity contribution in [3.8, 4) is 0 Å². The summed E-state index contributed by atoms with van der Waals surface area (Å²) in [5.74, 6) is 0.471. The summed E-state index contributed by atoms with van der Waals surface area (Å²) >= 11 is 0. The van der Waals surface area contributed by atoms with Crippen LogP contribution in [-0.2, 0) is 0 Å². The number of carbonyl (C=O) groups is 1. The molecule has 0 unspecified atom stereocenters. The molecule has 0 spiro atoms. The standard InChI is InChI=1S/C18H21N3O/c1-12(2)13-3-5-15(6-4-13)20-17-9-14(10-19-11-17)18(22)21-16-7-8-16/h3-6,9-12,16,20H,7-8H2,1-2H3,(H,21,22). The van der Waals surface area contributed by atoms with Gasteiger partial charge in [0.25, 0.3) is 5.91 Å². The Hall–Kier alpha value is -2.36. The molecule has 1 aliphatic carbocycles. The van der Waals surface area contributed by atoms with Gasteiger partial charge in [-0.05, 0) is 42.5 Å². The second kappa shape index (κ2) is 6.18. The van der Waals surface area contributed by atoms with Gasteiger partial charge < -0.3 is 10.6 Å². The van der Waals surface area contributed by atoms with Crippen LogP contribution in [0.2, 0.25) is 0 Å². The zero-order valence-corrected chi connectivity index (χ0v) is 13.0. The molecule has 1 aromatic heterocycles. The monoisotopic (exact) mass is 295 g/mol. The van der Waals surface area contributed by atoms with E-state index in [-0.39, 0.29) is 5.91 Å². The van der Waals surface area contributed by atoms with Crippen LogP contribution in [0.4, 0.5) is 11.4 Å². The number of rotatable bonds is 5. The SMILES string of the molecule is CC(C)c1ccc(Nc2cncc(C(=O)NC3CC3)c2)cc1. The third-order valence-corrected chi connectivity index (χ3v) is 3.78. The summed E-state index contributed by atoms with van der Waals surface area (Å²) in [4.78, 5) is 16.2. The molecule has 0 saturated heterocycles. The van der Waals surface area contributed by atoms with Crippen LogP contribution in [0.15, 0.2) is 42.7 Å². The van der Waals surface area contributed by atoms with E-state index in [1.807, 2.05) is 18.2 Å². The number of pyridine rings is 1. The van der Waals surface area contributed by atoms with Gasteiger partial charge in [0.2, 0.25) is 0 Å². The van der Waals surface area contributed by atoms with Gasteiger partial charge in [-0.15, -0.1) is 0 Å². The van der Waals surface area contributed by atoms with Crippen LogP contribution in [0, 0.1) is 0 Å². The quantitative estimate of drug-likeness (QED) is 0.881. The van der Waals surface area contributed by atoms with Crippen molar-refractivity contribution in [1.82, 2.24) is 10.3 Å². The van der Waals surface area contributed by atoms with E-state index in [4.69, 9.17) is 0 Å². The Morgan fingerprint density at radius 3 is 2.50 bits per heavy atom. The van der Waals surface area contributed by atoms with Crippen LogP contribution in [0.3, 0.4) is 0 Å². The molecule has 0 aliphatic heterocycles. The molecule has 2 aromatic rings. The smallest absolute Gasteiger partial charge is 0.253 e. The highest BCUT2D eigenvalue weighted by Gasteiger charge is 2.23. The maximum atomic E-state index is 12.0. The second-order valence-electron chi connectivity index (χ2n) is 6.11. The molecule has 1 saturated carbocycles. The van der Waals surface area contributed by atoms with E-state index in [9.17, 15) is 4.79 Å². The number of carbonyl (C=O) groups excluding carboxylic acids is 1. The molecule has 4 heteroatoms. The predicted octanol–water partition coefficient (Wildman–Crippen LogP) is 3.84. The van der Waals surface area contributed by atoms with Crippen LogP contribution < -0.4 is 10.6 Å². The van der Waals surface area contributed by atoms with Gasteiger partial charge in [-0.2, -0.15) is 0 Å². The summed E-state index contributed by atoms with van der Waals surface area (Å²) in [5, 5.41) is 6.27. The molecule has 0 radical (unpaired) electrons. The number of anilines is 2. The Balaban J connectivity index is 1.70. The summed E-state index contributed by atoms with van der Waals surface area (Å²) in [6.07, 6.45) is 5.49. The summed E-state index contributed by atoms with van der Waals surface area (Å²) in [6, 6.07) is 10.5. The minimum absolute atomic E-state index is 0.0474. The molecular formula is C18H21N3O. The Morgan fingerprint density at radius 2 is 1.86 bits per heavy atom. The fourth-order valence-electron chi connectivity index (χ4n) is 2.25. The van der Waals surface area contributed by atoms with Crippen molar-refractivity contribution in [2.75, 3.05) is 5.32 Å². The van der Waals surface area contributed by atoms with Crippen LogP contribution in [0.25, 0.3) is 0 Å². The van der Waals surface area contributed by atoms with Gasteiger partial charge in [0.1, 0.15) is 0 Å². The second-order valence-corrected chi connectivity index (χ2v) is 6.11. The van der Waals surface area contributed by atoms with Crippen LogP contribution in [-0.4, -0.2) is 16.9 Å². The lowest BCUT2D eigenvalue weighted by Gasteiger charge is -2.10. The van der Waals surface area contributed by atoms with E-state index in [0.717, 1.165) is 24.2 Å². The molecule has 0 bridgehead atoms. The van der Waals surface area contributed by atoms with Gasteiger partial charge in [-0.1, -0.05) is 26.0 Å². The van der Waals surface area contributed by atoms with E-state index in [0.29, 0.717) is 17.5 Å². The Bertz CT molecular complexity index is 660. The minimum Gasteiger partial charge on any atom is -0.354 e. The molecule has 1 aromatic carbocycles. The molecule has 2 N–H and O–H groups in total. The number of hydrogen-bond donors (Lipinski definition) is 2. The van der Waals surface area contributed by atoms with Gasteiger partial charge in [-0.25, -0.2) is 0 Å². The Morgan fingerprint density at radius 1 is 1.14 bits per heavy atom. The molecule has 0 atom stereocenters. The number of hydrogen-bond acceptors (Lipinski definition) is 3. The first-order valence-corrected chi connectivity index (χ1v) is 7.75. The average Bonchev–Trinajstić information content (AvgIpc) is 3.32. The predicted molar refractivity (Wildman–Crippen MR) is 88.5 cm³/mol.